The van der Waals surface area contributed by atoms with E-state index in [0.29, 0.717) is 30.4 Å². The molecule has 0 aromatic carbocycles. The largest absolute Gasteiger partial charge is 0.481 e. The molecule has 1 saturated heterocycles. The number of nitrogens with zero attached hydrogens (tertiary/aromatic N) is 2. The third-order valence-electron chi connectivity index (χ3n) is 8.31. The van der Waals surface area contributed by atoms with Gasteiger partial charge in [-0.05, 0) is 70.6 Å². The Bertz CT molecular complexity index is 987. The third-order valence-corrected chi connectivity index (χ3v) is 8.31. The molecule has 0 spiro atoms. The van der Waals surface area contributed by atoms with Crippen molar-refractivity contribution in [2.24, 2.45) is 17.3 Å². The lowest BCUT2D eigenvalue weighted by molar-refractivity contribution is -0.199. The normalized spacial score (nSPS) is 30.5. The summed E-state index contributed by atoms with van der Waals surface area (Å²) in [5.41, 5.74) is 5.85. The zero-order chi connectivity index (χ0) is 26.3. The lowest BCUT2D eigenvalue weighted by Crippen LogP contribution is -2.65. The van der Waals surface area contributed by atoms with Crippen LogP contribution in [0.15, 0.2) is 37.2 Å². The molecule has 3 aliphatic carbocycles. The molecule has 1 aromatic heterocycles. The number of hydrogen-bond acceptors (Lipinski definition) is 6. The number of amides is 1. The van der Waals surface area contributed by atoms with Crippen LogP contribution in [0.25, 0.3) is 0 Å². The molecule has 3 N–H and O–H groups in total. The lowest BCUT2D eigenvalue weighted by Gasteiger charge is -2.64. The van der Waals surface area contributed by atoms with Crippen LogP contribution >= 0.6 is 0 Å². The highest BCUT2D eigenvalue weighted by Gasteiger charge is 2.68. The summed E-state index contributed by atoms with van der Waals surface area (Å²) in [5, 5.41) is 7.33. The summed E-state index contributed by atoms with van der Waals surface area (Å²) < 4.78 is 21.2. The van der Waals surface area contributed by atoms with Crippen LogP contribution in [-0.2, 0) is 25.4 Å². The first-order valence-corrected chi connectivity index (χ1v) is 13.2. The fourth-order valence-corrected chi connectivity index (χ4v) is 6.48. The number of aromatic nitrogens is 2. The molecule has 1 amide bonds. The number of nitrogens with two attached hydrogens (primary N) is 1. The highest BCUT2D eigenvalue weighted by atomic mass is 16.7. The van der Waals surface area contributed by atoms with E-state index in [4.69, 9.17) is 19.8 Å². The SMILES string of the molecule is C=C/C=C\CC(C[C@H](NC(=O)Cn1cc(N)cn1)B1O[C@@H]2C[C@@H]3C[C@@H](C3(C)C)[C@]2(C)O1)OC(C)(C)C. The van der Waals surface area contributed by atoms with Crippen molar-refractivity contribution in [3.05, 3.63) is 37.2 Å². The first-order chi connectivity index (χ1) is 16.8. The molecular formula is C27H43BN4O4. The van der Waals surface area contributed by atoms with E-state index in [-0.39, 0.29) is 47.2 Å². The second-order valence-corrected chi connectivity index (χ2v) is 12.5. The Kier molecular flexibility index (Phi) is 7.48. The van der Waals surface area contributed by atoms with Crippen molar-refractivity contribution in [2.45, 2.75) is 103 Å². The van der Waals surface area contributed by atoms with Crippen LogP contribution in [0.1, 0.15) is 67.2 Å². The van der Waals surface area contributed by atoms with Crippen LogP contribution in [0.4, 0.5) is 5.69 Å². The maximum absolute atomic E-state index is 13.1. The van der Waals surface area contributed by atoms with Gasteiger partial charge in [-0.1, -0.05) is 38.7 Å². The molecule has 4 fully saturated rings. The third kappa shape index (κ3) is 5.58. The Balaban J connectivity index is 1.53. The van der Waals surface area contributed by atoms with E-state index in [2.05, 4.69) is 37.8 Å². The number of nitrogens with one attached hydrogen (secondary N) is 1. The average Bonchev–Trinajstić information content (AvgIpc) is 3.33. The number of ether oxygens (including phenoxy) is 1. The minimum Gasteiger partial charge on any atom is -0.404 e. The van der Waals surface area contributed by atoms with Crippen molar-refractivity contribution in [3.8, 4) is 0 Å². The zero-order valence-corrected chi connectivity index (χ0v) is 22.7. The van der Waals surface area contributed by atoms with Gasteiger partial charge in [0, 0.05) is 6.20 Å². The molecule has 2 heterocycles. The number of hydrogen-bond donors (Lipinski definition) is 2. The predicted octanol–water partition coefficient (Wildman–Crippen LogP) is 3.92. The molecule has 3 saturated carbocycles. The van der Waals surface area contributed by atoms with Gasteiger partial charge in [-0.25, -0.2) is 0 Å². The van der Waals surface area contributed by atoms with E-state index < -0.39 is 7.12 Å². The first-order valence-electron chi connectivity index (χ1n) is 13.2. The molecule has 8 nitrogen and oxygen atoms in total. The molecule has 4 aliphatic rings. The number of allylic oxidation sites excluding steroid dienone is 2. The summed E-state index contributed by atoms with van der Waals surface area (Å²) in [4.78, 5) is 13.1. The summed E-state index contributed by atoms with van der Waals surface area (Å²) in [7, 11) is -0.545. The Morgan fingerprint density at radius 1 is 1.42 bits per heavy atom. The number of rotatable bonds is 10. The van der Waals surface area contributed by atoms with Gasteiger partial charge in [0.15, 0.2) is 0 Å². The second-order valence-electron chi connectivity index (χ2n) is 12.5. The van der Waals surface area contributed by atoms with Crippen molar-refractivity contribution in [3.63, 3.8) is 0 Å². The van der Waals surface area contributed by atoms with Gasteiger partial charge >= 0.3 is 7.12 Å². The minimum absolute atomic E-state index is 0.0345. The molecule has 2 bridgehead atoms. The number of carbonyl (C=O) groups is 1. The number of anilines is 1. The van der Waals surface area contributed by atoms with E-state index in [0.717, 1.165) is 6.42 Å². The van der Waals surface area contributed by atoms with Crippen LogP contribution in [0.5, 0.6) is 0 Å². The van der Waals surface area contributed by atoms with Gasteiger partial charge in [-0.15, -0.1) is 0 Å². The highest BCUT2D eigenvalue weighted by Crippen LogP contribution is 2.65. The molecule has 0 radical (unpaired) electrons. The molecule has 1 aromatic rings. The second kappa shape index (κ2) is 9.99. The molecule has 1 aliphatic heterocycles. The van der Waals surface area contributed by atoms with E-state index in [1.165, 1.54) is 17.3 Å². The molecule has 5 rings (SSSR count). The van der Waals surface area contributed by atoms with Crippen LogP contribution in [0.3, 0.4) is 0 Å². The van der Waals surface area contributed by atoms with Crippen molar-refractivity contribution >= 4 is 18.7 Å². The minimum atomic E-state index is -0.545. The molecular weight excluding hydrogens is 455 g/mol. The summed E-state index contributed by atoms with van der Waals surface area (Å²) >= 11 is 0. The topological polar surface area (TPSA) is 101 Å². The average molecular weight is 498 g/mol. The Hall–Kier alpha value is -2.10. The molecule has 36 heavy (non-hydrogen) atoms. The molecule has 9 heteroatoms. The van der Waals surface area contributed by atoms with Crippen LogP contribution in [-0.4, -0.2) is 52.2 Å². The van der Waals surface area contributed by atoms with Gasteiger partial charge in [0.1, 0.15) is 6.54 Å². The van der Waals surface area contributed by atoms with E-state index in [1.807, 2.05) is 32.9 Å². The van der Waals surface area contributed by atoms with Gasteiger partial charge in [-0.3, -0.25) is 9.48 Å². The van der Waals surface area contributed by atoms with E-state index >= 15 is 0 Å². The van der Waals surface area contributed by atoms with Crippen LogP contribution in [0, 0.1) is 17.3 Å². The van der Waals surface area contributed by atoms with Gasteiger partial charge in [0.25, 0.3) is 0 Å². The summed E-state index contributed by atoms with van der Waals surface area (Å²) in [5.74, 6) is 0.551. The molecule has 198 valence electrons. The fraction of sp³-hybridized carbons (Fsp3) is 0.704. The van der Waals surface area contributed by atoms with Gasteiger partial charge in [0.05, 0.1) is 41.2 Å². The van der Waals surface area contributed by atoms with E-state index in [1.54, 1.807) is 12.3 Å². The zero-order valence-electron chi connectivity index (χ0n) is 22.7. The summed E-state index contributed by atoms with van der Waals surface area (Å²) in [6, 6.07) is 0. The predicted molar refractivity (Wildman–Crippen MR) is 142 cm³/mol. The number of nitrogen functional groups attached to an aromatic ring is 1. The standard InChI is InChI=1S/C27H43BN4O4/c1-8-9-10-11-20(34-25(2,3)4)14-23(31-24(33)17-32-16-19(29)15-30-32)28-35-22-13-18-12-21(26(18,5)6)27(22,7)36-28/h8-10,15-16,18,20-23H,1,11-14,17,29H2,2-7H3,(H,31,33)/b10-9-/t18-,20?,21-,22+,23-,27-/m0/s1. The maximum atomic E-state index is 13.1. The van der Waals surface area contributed by atoms with Gasteiger partial charge in [0.2, 0.25) is 5.91 Å². The Morgan fingerprint density at radius 3 is 2.78 bits per heavy atom. The van der Waals surface area contributed by atoms with Gasteiger partial charge in [-0.2, -0.15) is 5.10 Å². The lowest BCUT2D eigenvalue weighted by atomic mass is 9.43. The monoisotopic (exact) mass is 498 g/mol. The Labute approximate surface area is 216 Å². The maximum Gasteiger partial charge on any atom is 0.481 e. The van der Waals surface area contributed by atoms with Crippen molar-refractivity contribution in [1.29, 1.82) is 0 Å². The van der Waals surface area contributed by atoms with Crippen LogP contribution in [0.2, 0.25) is 0 Å². The van der Waals surface area contributed by atoms with Crippen molar-refractivity contribution in [1.82, 2.24) is 15.1 Å². The Morgan fingerprint density at radius 2 is 2.17 bits per heavy atom. The summed E-state index contributed by atoms with van der Waals surface area (Å²) in [6.45, 7) is 16.8. The molecule has 6 atom stereocenters. The first kappa shape index (κ1) is 27.0. The van der Waals surface area contributed by atoms with Gasteiger partial charge < -0.3 is 25.1 Å². The molecule has 1 unspecified atom stereocenters. The highest BCUT2D eigenvalue weighted by molar-refractivity contribution is 6.47. The van der Waals surface area contributed by atoms with E-state index in [9.17, 15) is 4.79 Å². The quantitative estimate of drug-likeness (QED) is 0.375. The number of carbonyl (C=O) groups excluding carboxylic acids is 1. The smallest absolute Gasteiger partial charge is 0.404 e. The van der Waals surface area contributed by atoms with Crippen molar-refractivity contribution < 1.29 is 18.8 Å². The fourth-order valence-electron chi connectivity index (χ4n) is 6.48. The van der Waals surface area contributed by atoms with Crippen LogP contribution < -0.4 is 11.1 Å². The summed E-state index contributed by atoms with van der Waals surface area (Å²) in [6.07, 6.45) is 12.2. The van der Waals surface area contributed by atoms with Crippen molar-refractivity contribution in [2.75, 3.05) is 5.73 Å².